The molecule has 76 valence electrons. The lowest BCUT2D eigenvalue weighted by atomic mass is 10.2. The van der Waals surface area contributed by atoms with Crippen LogP contribution in [0.3, 0.4) is 0 Å². The van der Waals surface area contributed by atoms with Gasteiger partial charge in [-0.15, -0.1) is 0 Å². The SMILES string of the molecule is C[C@@H](C(=O)O)N(CN)c1ccccc1. The van der Waals surface area contributed by atoms with Crippen molar-refractivity contribution in [1.29, 1.82) is 0 Å². The van der Waals surface area contributed by atoms with Crippen LogP contribution < -0.4 is 10.6 Å². The third-order valence-electron chi connectivity index (χ3n) is 2.11. The summed E-state index contributed by atoms with van der Waals surface area (Å²) in [5.41, 5.74) is 6.33. The summed E-state index contributed by atoms with van der Waals surface area (Å²) in [6.45, 7) is 1.81. The topological polar surface area (TPSA) is 66.6 Å². The number of hydrogen-bond donors (Lipinski definition) is 2. The van der Waals surface area contributed by atoms with Gasteiger partial charge < -0.3 is 15.7 Å². The molecule has 1 atom stereocenters. The Morgan fingerprint density at radius 2 is 2.07 bits per heavy atom. The van der Waals surface area contributed by atoms with Gasteiger partial charge in [0.1, 0.15) is 6.04 Å². The number of carboxylic acid groups (broad SMARTS) is 1. The Morgan fingerprint density at radius 1 is 1.50 bits per heavy atom. The second kappa shape index (κ2) is 4.62. The number of carbonyl (C=O) groups is 1. The van der Waals surface area contributed by atoms with Crippen LogP contribution in [0.2, 0.25) is 0 Å². The smallest absolute Gasteiger partial charge is 0.326 e. The van der Waals surface area contributed by atoms with Gasteiger partial charge in [-0.2, -0.15) is 0 Å². The van der Waals surface area contributed by atoms with E-state index in [1.807, 2.05) is 30.3 Å². The number of aliphatic carboxylic acids is 1. The fourth-order valence-corrected chi connectivity index (χ4v) is 1.24. The molecule has 0 aromatic heterocycles. The highest BCUT2D eigenvalue weighted by Crippen LogP contribution is 2.14. The van der Waals surface area contributed by atoms with Crippen LogP contribution >= 0.6 is 0 Å². The molecule has 3 N–H and O–H groups in total. The van der Waals surface area contributed by atoms with Crippen molar-refractivity contribution >= 4 is 11.7 Å². The van der Waals surface area contributed by atoms with E-state index in [9.17, 15) is 4.79 Å². The van der Waals surface area contributed by atoms with Crippen LogP contribution in [0.5, 0.6) is 0 Å². The van der Waals surface area contributed by atoms with E-state index >= 15 is 0 Å². The second-order valence-corrected chi connectivity index (χ2v) is 3.00. The number of nitrogens with zero attached hydrogens (tertiary/aromatic N) is 1. The first kappa shape index (κ1) is 10.5. The molecule has 1 rings (SSSR count). The van der Waals surface area contributed by atoms with Crippen LogP contribution in [0.1, 0.15) is 6.92 Å². The summed E-state index contributed by atoms with van der Waals surface area (Å²) in [5.74, 6) is -0.876. The number of benzene rings is 1. The first-order chi connectivity index (χ1) is 6.66. The quantitative estimate of drug-likeness (QED) is 0.698. The van der Waals surface area contributed by atoms with Crippen molar-refractivity contribution in [2.45, 2.75) is 13.0 Å². The molecule has 0 amide bonds. The summed E-state index contributed by atoms with van der Waals surface area (Å²) in [5, 5.41) is 8.85. The molecule has 0 saturated heterocycles. The zero-order valence-corrected chi connectivity index (χ0v) is 8.05. The van der Waals surface area contributed by atoms with E-state index in [0.29, 0.717) is 0 Å². The minimum Gasteiger partial charge on any atom is -0.480 e. The van der Waals surface area contributed by atoms with Crippen LogP contribution in [0, 0.1) is 0 Å². The predicted octanol–water partition coefficient (Wildman–Crippen LogP) is 0.882. The maximum absolute atomic E-state index is 10.8. The van der Waals surface area contributed by atoms with E-state index in [-0.39, 0.29) is 6.67 Å². The Balaban J connectivity index is 2.87. The molecule has 0 heterocycles. The standard InChI is InChI=1S/C10H14N2O2/c1-8(10(13)14)12(7-11)9-5-3-2-4-6-9/h2-6,8H,7,11H2,1H3,(H,13,14)/t8-/m0/s1. The molecule has 1 aromatic carbocycles. The molecule has 0 unspecified atom stereocenters. The molecule has 0 aliphatic rings. The largest absolute Gasteiger partial charge is 0.480 e. The molecule has 1 aromatic rings. The third kappa shape index (κ3) is 2.23. The Hall–Kier alpha value is -1.55. The summed E-state index contributed by atoms with van der Waals surface area (Å²) in [7, 11) is 0. The normalized spacial score (nSPS) is 12.1. The van der Waals surface area contributed by atoms with Crippen LogP contribution in [-0.4, -0.2) is 23.8 Å². The highest BCUT2D eigenvalue weighted by molar-refractivity contribution is 5.77. The van der Waals surface area contributed by atoms with Crippen molar-refractivity contribution in [3.8, 4) is 0 Å². The fourth-order valence-electron chi connectivity index (χ4n) is 1.24. The van der Waals surface area contributed by atoms with Crippen LogP contribution in [0.15, 0.2) is 30.3 Å². The molecule has 14 heavy (non-hydrogen) atoms. The van der Waals surface area contributed by atoms with E-state index in [4.69, 9.17) is 10.8 Å². The Morgan fingerprint density at radius 3 is 2.50 bits per heavy atom. The number of nitrogens with two attached hydrogens (primary N) is 1. The summed E-state index contributed by atoms with van der Waals surface area (Å²) in [6.07, 6.45) is 0. The summed E-state index contributed by atoms with van der Waals surface area (Å²) in [4.78, 5) is 12.4. The molecular formula is C10H14N2O2. The van der Waals surface area contributed by atoms with Crippen molar-refractivity contribution in [2.75, 3.05) is 11.6 Å². The predicted molar refractivity (Wildman–Crippen MR) is 55.1 cm³/mol. The van der Waals surface area contributed by atoms with Crippen LogP contribution in [0.4, 0.5) is 5.69 Å². The minimum absolute atomic E-state index is 0.192. The van der Waals surface area contributed by atoms with Gasteiger partial charge in [0.05, 0.1) is 6.67 Å². The average molecular weight is 194 g/mol. The summed E-state index contributed by atoms with van der Waals surface area (Å²) < 4.78 is 0. The maximum atomic E-state index is 10.8. The number of anilines is 1. The van der Waals surface area contributed by atoms with Crippen LogP contribution in [-0.2, 0) is 4.79 Å². The molecule has 0 radical (unpaired) electrons. The van der Waals surface area contributed by atoms with Crippen LogP contribution in [0.25, 0.3) is 0 Å². The first-order valence-electron chi connectivity index (χ1n) is 4.41. The lowest BCUT2D eigenvalue weighted by Gasteiger charge is -2.26. The van der Waals surface area contributed by atoms with Gasteiger partial charge in [-0.3, -0.25) is 0 Å². The molecule has 0 fully saturated rings. The van der Waals surface area contributed by atoms with E-state index in [1.54, 1.807) is 11.8 Å². The van der Waals surface area contributed by atoms with Gasteiger partial charge in [0.15, 0.2) is 0 Å². The van der Waals surface area contributed by atoms with Crippen molar-refractivity contribution in [3.63, 3.8) is 0 Å². The molecular weight excluding hydrogens is 180 g/mol. The van der Waals surface area contributed by atoms with Gasteiger partial charge in [0.25, 0.3) is 0 Å². The zero-order chi connectivity index (χ0) is 10.6. The van der Waals surface area contributed by atoms with Gasteiger partial charge >= 0.3 is 5.97 Å². The number of rotatable bonds is 4. The number of para-hydroxylation sites is 1. The first-order valence-corrected chi connectivity index (χ1v) is 4.41. The highest BCUT2D eigenvalue weighted by Gasteiger charge is 2.18. The Labute approximate surface area is 82.9 Å². The molecule has 4 heteroatoms. The van der Waals surface area contributed by atoms with Gasteiger partial charge in [-0.1, -0.05) is 18.2 Å². The molecule has 0 saturated carbocycles. The molecule has 0 bridgehead atoms. The maximum Gasteiger partial charge on any atom is 0.326 e. The van der Waals surface area contributed by atoms with Gasteiger partial charge in [0.2, 0.25) is 0 Å². The fraction of sp³-hybridized carbons (Fsp3) is 0.300. The highest BCUT2D eigenvalue weighted by atomic mass is 16.4. The second-order valence-electron chi connectivity index (χ2n) is 3.00. The molecule has 4 nitrogen and oxygen atoms in total. The average Bonchev–Trinajstić information content (AvgIpc) is 2.20. The lowest BCUT2D eigenvalue weighted by molar-refractivity contribution is -0.138. The summed E-state index contributed by atoms with van der Waals surface area (Å²) >= 11 is 0. The minimum atomic E-state index is -0.876. The monoisotopic (exact) mass is 194 g/mol. The van der Waals surface area contributed by atoms with Gasteiger partial charge in [0, 0.05) is 5.69 Å². The van der Waals surface area contributed by atoms with Crippen molar-refractivity contribution in [1.82, 2.24) is 0 Å². The van der Waals surface area contributed by atoms with Gasteiger partial charge in [-0.25, -0.2) is 4.79 Å². The zero-order valence-electron chi connectivity index (χ0n) is 8.05. The molecule has 0 aliphatic heterocycles. The van der Waals surface area contributed by atoms with E-state index in [0.717, 1.165) is 5.69 Å². The van der Waals surface area contributed by atoms with Crippen molar-refractivity contribution < 1.29 is 9.90 Å². The summed E-state index contributed by atoms with van der Waals surface area (Å²) in [6, 6.07) is 8.66. The number of carboxylic acids is 1. The van der Waals surface area contributed by atoms with E-state index in [2.05, 4.69) is 0 Å². The van der Waals surface area contributed by atoms with Gasteiger partial charge in [-0.05, 0) is 19.1 Å². The third-order valence-corrected chi connectivity index (χ3v) is 2.11. The molecule has 0 aliphatic carbocycles. The number of hydrogen-bond acceptors (Lipinski definition) is 3. The van der Waals surface area contributed by atoms with E-state index < -0.39 is 12.0 Å². The Bertz CT molecular complexity index is 300. The van der Waals surface area contributed by atoms with Crippen molar-refractivity contribution in [2.24, 2.45) is 5.73 Å². The van der Waals surface area contributed by atoms with E-state index in [1.165, 1.54) is 0 Å². The van der Waals surface area contributed by atoms with Crippen molar-refractivity contribution in [3.05, 3.63) is 30.3 Å². The Kier molecular flexibility index (Phi) is 3.48. The lowest BCUT2D eigenvalue weighted by Crippen LogP contribution is -2.42. The molecule has 0 spiro atoms.